The standard InChI is InChI=1S/C16H24N4O/c1-12(2)20-15-14(10-19-20)7-13(9-18-15)8-17-11-16(21-3)5-4-6-16/h7,9-10,12,17H,4-6,8,11H2,1-3H3. The summed E-state index contributed by atoms with van der Waals surface area (Å²) in [5.41, 5.74) is 2.22. The zero-order valence-corrected chi connectivity index (χ0v) is 13.1. The third-order valence-corrected chi connectivity index (χ3v) is 4.45. The van der Waals surface area contributed by atoms with Gasteiger partial charge in [0, 0.05) is 37.8 Å². The second-order valence-electron chi connectivity index (χ2n) is 6.28. The molecule has 114 valence electrons. The third-order valence-electron chi connectivity index (χ3n) is 4.45. The van der Waals surface area contributed by atoms with Gasteiger partial charge in [-0.3, -0.25) is 0 Å². The number of nitrogens with one attached hydrogen (secondary N) is 1. The molecule has 0 amide bonds. The lowest BCUT2D eigenvalue weighted by Gasteiger charge is -2.40. The largest absolute Gasteiger partial charge is 0.377 e. The van der Waals surface area contributed by atoms with Gasteiger partial charge in [-0.2, -0.15) is 5.10 Å². The molecular formula is C16H24N4O. The summed E-state index contributed by atoms with van der Waals surface area (Å²) in [6, 6.07) is 2.50. The lowest BCUT2D eigenvalue weighted by molar-refractivity contribution is -0.0695. The molecule has 0 radical (unpaired) electrons. The first-order valence-electron chi connectivity index (χ1n) is 7.71. The number of fused-ring (bicyclic) bond motifs is 1. The Balaban J connectivity index is 1.65. The third kappa shape index (κ3) is 2.80. The molecule has 0 aromatic carbocycles. The molecular weight excluding hydrogens is 264 g/mol. The van der Waals surface area contributed by atoms with Crippen molar-refractivity contribution < 1.29 is 4.74 Å². The van der Waals surface area contributed by atoms with E-state index in [9.17, 15) is 0 Å². The van der Waals surface area contributed by atoms with Crippen LogP contribution in [-0.4, -0.2) is 34.0 Å². The van der Waals surface area contributed by atoms with Gasteiger partial charge in [0.1, 0.15) is 0 Å². The molecule has 21 heavy (non-hydrogen) atoms. The molecule has 2 heterocycles. The highest BCUT2D eigenvalue weighted by Crippen LogP contribution is 2.34. The van der Waals surface area contributed by atoms with Crippen LogP contribution in [0.5, 0.6) is 0 Å². The van der Waals surface area contributed by atoms with Gasteiger partial charge < -0.3 is 10.1 Å². The number of hydrogen-bond acceptors (Lipinski definition) is 4. The van der Waals surface area contributed by atoms with Gasteiger partial charge in [0.05, 0.1) is 11.8 Å². The van der Waals surface area contributed by atoms with Crippen molar-refractivity contribution in [1.82, 2.24) is 20.1 Å². The van der Waals surface area contributed by atoms with Crippen molar-refractivity contribution in [2.24, 2.45) is 0 Å². The molecule has 2 aromatic rings. The minimum absolute atomic E-state index is 0.0695. The lowest BCUT2D eigenvalue weighted by atomic mass is 9.80. The van der Waals surface area contributed by atoms with Crippen LogP contribution in [0.4, 0.5) is 0 Å². The summed E-state index contributed by atoms with van der Waals surface area (Å²) in [5.74, 6) is 0. The van der Waals surface area contributed by atoms with E-state index in [0.717, 1.165) is 37.0 Å². The normalized spacial score (nSPS) is 17.3. The van der Waals surface area contributed by atoms with E-state index in [-0.39, 0.29) is 5.60 Å². The van der Waals surface area contributed by atoms with Crippen molar-refractivity contribution >= 4 is 11.0 Å². The van der Waals surface area contributed by atoms with Gasteiger partial charge in [-0.15, -0.1) is 0 Å². The highest BCUT2D eigenvalue weighted by Gasteiger charge is 2.36. The first-order valence-corrected chi connectivity index (χ1v) is 7.71. The van der Waals surface area contributed by atoms with Gasteiger partial charge in [-0.05, 0) is 44.7 Å². The Kier molecular flexibility index (Phi) is 3.95. The smallest absolute Gasteiger partial charge is 0.157 e. The Morgan fingerprint density at radius 2 is 2.19 bits per heavy atom. The zero-order chi connectivity index (χ0) is 14.9. The predicted molar refractivity (Wildman–Crippen MR) is 83.2 cm³/mol. The van der Waals surface area contributed by atoms with Crippen molar-refractivity contribution in [2.75, 3.05) is 13.7 Å². The Hall–Kier alpha value is -1.46. The fourth-order valence-corrected chi connectivity index (χ4v) is 2.92. The second-order valence-corrected chi connectivity index (χ2v) is 6.28. The summed E-state index contributed by atoms with van der Waals surface area (Å²) in [6.45, 7) is 5.96. The van der Waals surface area contributed by atoms with Crippen LogP contribution in [0.2, 0.25) is 0 Å². The van der Waals surface area contributed by atoms with E-state index in [1.807, 2.05) is 24.2 Å². The minimum Gasteiger partial charge on any atom is -0.377 e. The van der Waals surface area contributed by atoms with Crippen molar-refractivity contribution in [1.29, 1.82) is 0 Å². The summed E-state index contributed by atoms with van der Waals surface area (Å²) in [5, 5.41) is 9.01. The van der Waals surface area contributed by atoms with Crippen LogP contribution in [-0.2, 0) is 11.3 Å². The van der Waals surface area contributed by atoms with Crippen molar-refractivity contribution in [3.05, 3.63) is 24.0 Å². The molecule has 3 rings (SSSR count). The van der Waals surface area contributed by atoms with Crippen LogP contribution in [0, 0.1) is 0 Å². The summed E-state index contributed by atoms with van der Waals surface area (Å²) in [4.78, 5) is 4.56. The molecule has 0 spiro atoms. The Morgan fingerprint density at radius 1 is 1.38 bits per heavy atom. The van der Waals surface area contributed by atoms with E-state index in [4.69, 9.17) is 4.74 Å². The quantitative estimate of drug-likeness (QED) is 0.888. The monoisotopic (exact) mass is 288 g/mol. The van der Waals surface area contributed by atoms with E-state index < -0.39 is 0 Å². The zero-order valence-electron chi connectivity index (χ0n) is 13.1. The van der Waals surface area contributed by atoms with Crippen LogP contribution in [0.3, 0.4) is 0 Å². The molecule has 0 saturated heterocycles. The molecule has 1 N–H and O–H groups in total. The number of methoxy groups -OCH3 is 1. The molecule has 2 aromatic heterocycles. The number of pyridine rings is 1. The van der Waals surface area contributed by atoms with Gasteiger partial charge in [0.15, 0.2) is 5.65 Å². The van der Waals surface area contributed by atoms with E-state index in [0.29, 0.717) is 6.04 Å². The van der Waals surface area contributed by atoms with Crippen LogP contribution in [0.15, 0.2) is 18.5 Å². The summed E-state index contributed by atoms with van der Waals surface area (Å²) in [7, 11) is 1.81. The van der Waals surface area contributed by atoms with Gasteiger partial charge in [-0.25, -0.2) is 9.67 Å². The van der Waals surface area contributed by atoms with Gasteiger partial charge in [-0.1, -0.05) is 0 Å². The predicted octanol–water partition coefficient (Wildman–Crippen LogP) is 2.67. The van der Waals surface area contributed by atoms with Crippen molar-refractivity contribution in [3.8, 4) is 0 Å². The molecule has 1 aliphatic carbocycles. The van der Waals surface area contributed by atoms with Gasteiger partial charge in [0.25, 0.3) is 0 Å². The molecule has 0 unspecified atom stereocenters. The van der Waals surface area contributed by atoms with Gasteiger partial charge in [0.2, 0.25) is 0 Å². The van der Waals surface area contributed by atoms with E-state index >= 15 is 0 Å². The maximum Gasteiger partial charge on any atom is 0.157 e. The van der Waals surface area contributed by atoms with Crippen LogP contribution in [0.25, 0.3) is 11.0 Å². The average molecular weight is 288 g/mol. The number of aromatic nitrogens is 3. The number of ether oxygens (including phenoxy) is 1. The van der Waals surface area contributed by atoms with E-state index in [1.165, 1.54) is 12.0 Å². The Bertz CT molecular complexity index is 610. The molecule has 0 bridgehead atoms. The fourth-order valence-electron chi connectivity index (χ4n) is 2.92. The number of nitrogens with zero attached hydrogens (tertiary/aromatic N) is 3. The number of hydrogen-bond donors (Lipinski definition) is 1. The van der Waals surface area contributed by atoms with Crippen LogP contribution >= 0.6 is 0 Å². The lowest BCUT2D eigenvalue weighted by Crippen LogP contribution is -2.47. The maximum atomic E-state index is 5.62. The minimum atomic E-state index is 0.0695. The maximum absolute atomic E-state index is 5.62. The topological polar surface area (TPSA) is 52.0 Å². The van der Waals surface area contributed by atoms with Crippen molar-refractivity contribution in [3.63, 3.8) is 0 Å². The SMILES string of the molecule is COC1(CNCc2cnc3c(cnn3C(C)C)c2)CCC1. The molecule has 5 nitrogen and oxygen atoms in total. The average Bonchev–Trinajstić information content (AvgIpc) is 2.85. The summed E-state index contributed by atoms with van der Waals surface area (Å²) >= 11 is 0. The van der Waals surface area contributed by atoms with Crippen molar-refractivity contribution in [2.45, 2.75) is 51.3 Å². The summed E-state index contributed by atoms with van der Waals surface area (Å²) < 4.78 is 7.58. The van der Waals surface area contributed by atoms with Gasteiger partial charge >= 0.3 is 0 Å². The molecule has 1 fully saturated rings. The Morgan fingerprint density at radius 3 is 2.81 bits per heavy atom. The highest BCUT2D eigenvalue weighted by atomic mass is 16.5. The van der Waals surface area contributed by atoms with Crippen LogP contribution in [0.1, 0.15) is 44.7 Å². The first kappa shape index (κ1) is 14.5. The summed E-state index contributed by atoms with van der Waals surface area (Å²) in [6.07, 6.45) is 7.44. The van der Waals surface area contributed by atoms with E-state index in [2.05, 4.69) is 35.3 Å². The van der Waals surface area contributed by atoms with E-state index in [1.54, 1.807) is 0 Å². The fraction of sp³-hybridized carbons (Fsp3) is 0.625. The first-order chi connectivity index (χ1) is 10.1. The molecule has 5 heteroatoms. The van der Waals surface area contributed by atoms with Crippen LogP contribution < -0.4 is 5.32 Å². The molecule has 1 saturated carbocycles. The highest BCUT2D eigenvalue weighted by molar-refractivity contribution is 5.75. The second kappa shape index (κ2) is 5.73. The Labute approximate surface area is 125 Å². The molecule has 0 atom stereocenters. The molecule has 0 aliphatic heterocycles. The molecule has 1 aliphatic rings. The number of rotatable bonds is 6.